The molecule has 4 saturated carbocycles. The topological polar surface area (TPSA) is 26.3 Å². The van der Waals surface area contributed by atoms with Gasteiger partial charge in [-0.1, -0.05) is 13.8 Å². The molecule has 2 nitrogen and oxygen atoms in total. The van der Waals surface area contributed by atoms with E-state index in [1.165, 1.54) is 32.1 Å². The Morgan fingerprint density at radius 2 is 1.50 bits per heavy atom. The van der Waals surface area contributed by atoms with Gasteiger partial charge in [0.2, 0.25) is 0 Å². The second kappa shape index (κ2) is 6.79. The van der Waals surface area contributed by atoms with E-state index < -0.39 is 6.68 Å². The van der Waals surface area contributed by atoms with Crippen LogP contribution in [-0.4, -0.2) is 18.2 Å². The Morgan fingerprint density at radius 1 is 1.09 bits per heavy atom. The van der Waals surface area contributed by atoms with E-state index in [2.05, 4.69) is 13.8 Å². The molecule has 0 aromatic carbocycles. The van der Waals surface area contributed by atoms with E-state index >= 15 is 0 Å². The van der Waals surface area contributed by atoms with Gasteiger partial charge in [0.05, 0.1) is 5.92 Å². The Labute approximate surface area is 130 Å². The van der Waals surface area contributed by atoms with Crippen LogP contribution in [0.4, 0.5) is 13.2 Å². The van der Waals surface area contributed by atoms with Crippen LogP contribution in [0.25, 0.3) is 0 Å². The summed E-state index contributed by atoms with van der Waals surface area (Å²) in [4.78, 5) is 12.1. The summed E-state index contributed by atoms with van der Waals surface area (Å²) in [5.74, 6) is 3.24. The molecule has 4 aliphatic rings. The zero-order chi connectivity index (χ0) is 16.5. The molecule has 0 aromatic heterocycles. The van der Waals surface area contributed by atoms with Crippen LogP contribution in [0.5, 0.6) is 0 Å². The van der Waals surface area contributed by atoms with Gasteiger partial charge in [-0.2, -0.15) is 13.2 Å². The monoisotopic (exact) mass is 320 g/mol. The molecule has 22 heavy (non-hydrogen) atoms. The van der Waals surface area contributed by atoms with Crippen LogP contribution in [0.2, 0.25) is 0 Å². The van der Waals surface area contributed by atoms with Crippen molar-refractivity contribution in [1.29, 1.82) is 0 Å². The zero-order valence-corrected chi connectivity index (χ0v) is 13.7. The molecule has 0 spiro atoms. The fourth-order valence-electron chi connectivity index (χ4n) is 4.77. The molecule has 0 amide bonds. The number of halogens is 3. The Bertz CT molecular complexity index is 367. The molecule has 0 aliphatic heterocycles. The summed E-state index contributed by atoms with van der Waals surface area (Å²) in [5.41, 5.74) is -0.145. The van der Waals surface area contributed by atoms with Crippen molar-refractivity contribution in [3.8, 4) is 0 Å². The van der Waals surface area contributed by atoms with Crippen LogP contribution in [0.3, 0.4) is 0 Å². The number of carbonyl (C=O) groups excluding carboxylic acids is 1. The van der Waals surface area contributed by atoms with Crippen molar-refractivity contribution >= 4 is 5.97 Å². The summed E-state index contributed by atoms with van der Waals surface area (Å²) >= 11 is 0. The van der Waals surface area contributed by atoms with E-state index in [1.807, 2.05) is 6.92 Å². The zero-order valence-electron chi connectivity index (χ0n) is 13.7. The van der Waals surface area contributed by atoms with Gasteiger partial charge in [0, 0.05) is 0 Å². The van der Waals surface area contributed by atoms with E-state index in [0.717, 1.165) is 18.3 Å². The minimum absolute atomic E-state index is 0.0347. The first kappa shape index (κ1) is 17.6. The lowest BCUT2D eigenvalue weighted by Crippen LogP contribution is -2.58. The third kappa shape index (κ3) is 3.60. The summed E-state index contributed by atoms with van der Waals surface area (Å²) in [7, 11) is 0. The lowest BCUT2D eigenvalue weighted by molar-refractivity contribution is -0.206. The van der Waals surface area contributed by atoms with Gasteiger partial charge in [-0.25, -0.2) is 0 Å². The van der Waals surface area contributed by atoms with Crippen LogP contribution in [-0.2, 0) is 9.53 Å². The highest BCUT2D eigenvalue weighted by Gasteiger charge is 2.57. The van der Waals surface area contributed by atoms with Crippen molar-refractivity contribution in [1.82, 2.24) is 0 Å². The summed E-state index contributed by atoms with van der Waals surface area (Å²) in [6.45, 7) is 2.60. The predicted octanol–water partition coefficient (Wildman–Crippen LogP) is 4.97. The molecule has 1 atom stereocenters. The molecule has 5 heteroatoms. The largest absolute Gasteiger partial charge is 0.459 e. The number of rotatable bonds is 3. The van der Waals surface area contributed by atoms with Crippen molar-refractivity contribution in [2.75, 3.05) is 0 Å². The van der Waals surface area contributed by atoms with Gasteiger partial charge in [-0.3, -0.25) is 4.79 Å². The molecular formula is C17H27F3O2. The van der Waals surface area contributed by atoms with Crippen molar-refractivity contribution in [2.45, 2.75) is 71.6 Å². The van der Waals surface area contributed by atoms with E-state index in [4.69, 9.17) is 4.74 Å². The third-order valence-electron chi connectivity index (χ3n) is 6.09. The van der Waals surface area contributed by atoms with Gasteiger partial charge in [-0.05, 0) is 69.1 Å². The van der Waals surface area contributed by atoms with Gasteiger partial charge >= 0.3 is 12.6 Å². The number of hydrogen-bond acceptors (Lipinski definition) is 2. The smallest absolute Gasteiger partial charge is 0.379 e. The summed E-state index contributed by atoms with van der Waals surface area (Å²) in [6, 6.07) is 0. The second-order valence-corrected chi connectivity index (χ2v) is 7.47. The average molecular weight is 320 g/mol. The van der Waals surface area contributed by atoms with E-state index in [1.54, 1.807) is 0 Å². The molecule has 4 bridgehead atoms. The standard InChI is InChI=1S/C16H26O2.CHF3/c1-4-10(2)15(17)18-16(3)13-6-11-5-12(8-13)9-14(16)7-11;2-1(3)4/h10-14H,4-9H2,1-3H3;1H. The fourth-order valence-corrected chi connectivity index (χ4v) is 4.77. The first-order valence-corrected chi connectivity index (χ1v) is 8.41. The van der Waals surface area contributed by atoms with Crippen molar-refractivity contribution in [3.63, 3.8) is 0 Å². The highest BCUT2D eigenvalue weighted by atomic mass is 19.4. The molecule has 0 saturated heterocycles. The van der Waals surface area contributed by atoms with Crippen LogP contribution in [0.1, 0.15) is 59.3 Å². The molecule has 1 unspecified atom stereocenters. The van der Waals surface area contributed by atoms with Gasteiger partial charge in [0.25, 0.3) is 0 Å². The Kier molecular flexibility index (Phi) is 5.44. The van der Waals surface area contributed by atoms with Gasteiger partial charge in [0.15, 0.2) is 0 Å². The predicted molar refractivity (Wildman–Crippen MR) is 78.1 cm³/mol. The molecule has 128 valence electrons. The summed E-state index contributed by atoms with van der Waals surface area (Å²) in [5, 5.41) is 0. The summed E-state index contributed by atoms with van der Waals surface area (Å²) < 4.78 is 35.0. The molecule has 0 aromatic rings. The van der Waals surface area contributed by atoms with Crippen LogP contribution >= 0.6 is 0 Å². The summed E-state index contributed by atoms with van der Waals surface area (Å²) in [6.07, 6.45) is 7.54. The average Bonchev–Trinajstić information content (AvgIpc) is 2.42. The molecule has 4 rings (SSSR count). The molecule has 0 heterocycles. The van der Waals surface area contributed by atoms with Crippen LogP contribution in [0.15, 0.2) is 0 Å². The minimum atomic E-state index is -3.67. The van der Waals surface area contributed by atoms with Gasteiger partial charge in [-0.15, -0.1) is 0 Å². The Balaban J connectivity index is 0.000000396. The highest BCUT2D eigenvalue weighted by Crippen LogP contribution is 2.59. The number of ether oxygens (including phenoxy) is 1. The van der Waals surface area contributed by atoms with Gasteiger partial charge < -0.3 is 4.74 Å². The molecule has 0 N–H and O–H groups in total. The normalized spacial score (nSPS) is 40.1. The lowest BCUT2D eigenvalue weighted by Gasteiger charge is -2.59. The maximum absolute atomic E-state index is 12.1. The fraction of sp³-hybridized carbons (Fsp3) is 0.941. The minimum Gasteiger partial charge on any atom is -0.459 e. The molecule has 4 aliphatic carbocycles. The molecular weight excluding hydrogens is 293 g/mol. The number of hydrogen-bond donors (Lipinski definition) is 0. The number of alkyl halides is 3. The highest BCUT2D eigenvalue weighted by molar-refractivity contribution is 5.72. The maximum atomic E-state index is 12.1. The third-order valence-corrected chi connectivity index (χ3v) is 6.09. The first-order valence-electron chi connectivity index (χ1n) is 8.41. The second-order valence-electron chi connectivity index (χ2n) is 7.47. The quantitative estimate of drug-likeness (QED) is 0.686. The van der Waals surface area contributed by atoms with E-state index in [0.29, 0.717) is 11.8 Å². The van der Waals surface area contributed by atoms with Crippen molar-refractivity contribution < 1.29 is 22.7 Å². The van der Waals surface area contributed by atoms with Crippen molar-refractivity contribution in [2.24, 2.45) is 29.6 Å². The first-order chi connectivity index (χ1) is 10.3. The number of esters is 1. The van der Waals surface area contributed by atoms with E-state index in [9.17, 15) is 18.0 Å². The maximum Gasteiger partial charge on any atom is 0.379 e. The molecule has 4 fully saturated rings. The Morgan fingerprint density at radius 3 is 1.86 bits per heavy atom. The van der Waals surface area contributed by atoms with Crippen molar-refractivity contribution in [3.05, 3.63) is 0 Å². The van der Waals surface area contributed by atoms with Crippen LogP contribution in [0, 0.1) is 29.6 Å². The Hall–Kier alpha value is -0.740. The van der Waals surface area contributed by atoms with Gasteiger partial charge in [0.1, 0.15) is 5.60 Å². The SMILES string of the molecule is CCC(C)C(=O)OC1(C)C2CC3CC(C2)CC1C3.FC(F)F. The lowest BCUT2D eigenvalue weighted by atomic mass is 9.50. The number of carbonyl (C=O) groups is 1. The van der Waals surface area contributed by atoms with Crippen LogP contribution < -0.4 is 0 Å². The molecule has 0 radical (unpaired) electrons. The van der Waals surface area contributed by atoms with E-state index in [-0.39, 0.29) is 17.5 Å².